The summed E-state index contributed by atoms with van der Waals surface area (Å²) in [6, 6.07) is 12.5. The van der Waals surface area contributed by atoms with E-state index in [2.05, 4.69) is 31.2 Å². The molecule has 5 nitrogen and oxygen atoms in total. The number of aromatic nitrogens is 1. The number of fused-ring (bicyclic) bond motifs is 1. The average Bonchev–Trinajstić information content (AvgIpc) is 3.06. The van der Waals surface area contributed by atoms with E-state index in [1.165, 1.54) is 11.3 Å². The Hall–Kier alpha value is -2.22. The highest BCUT2D eigenvalue weighted by Crippen LogP contribution is 2.35. The van der Waals surface area contributed by atoms with E-state index in [9.17, 15) is 9.90 Å². The summed E-state index contributed by atoms with van der Waals surface area (Å²) in [4.78, 5) is 20.8. The second kappa shape index (κ2) is 6.25. The van der Waals surface area contributed by atoms with Crippen LogP contribution in [0.4, 0.5) is 10.8 Å². The van der Waals surface area contributed by atoms with Gasteiger partial charge < -0.3 is 10.4 Å². The van der Waals surface area contributed by atoms with E-state index >= 15 is 0 Å². The molecule has 0 saturated heterocycles. The van der Waals surface area contributed by atoms with Gasteiger partial charge in [-0.1, -0.05) is 44.9 Å². The monoisotopic (exact) mass is 433 g/mol. The van der Waals surface area contributed by atoms with Crippen LogP contribution in [0.5, 0.6) is 5.88 Å². The van der Waals surface area contributed by atoms with Gasteiger partial charge in [0.1, 0.15) is 4.88 Å². The highest BCUT2D eigenvalue weighted by molar-refractivity contribution is 9.10. The van der Waals surface area contributed by atoms with Gasteiger partial charge in [-0.25, -0.2) is 4.99 Å². The third-order valence-corrected chi connectivity index (χ3v) is 5.28. The summed E-state index contributed by atoms with van der Waals surface area (Å²) in [5, 5.41) is 15.6. The summed E-state index contributed by atoms with van der Waals surface area (Å²) in [7, 11) is 0. The maximum Gasteiger partial charge on any atom is 0.279 e. The van der Waals surface area contributed by atoms with E-state index in [-0.39, 0.29) is 11.8 Å². The van der Waals surface area contributed by atoms with Crippen molar-refractivity contribution in [1.29, 1.82) is 0 Å². The maximum atomic E-state index is 12.3. The van der Waals surface area contributed by atoms with Gasteiger partial charge in [0.15, 0.2) is 5.13 Å². The first kappa shape index (κ1) is 16.3. The fourth-order valence-electron chi connectivity index (χ4n) is 2.52. The Bertz CT molecular complexity index is 1140. The Morgan fingerprint density at radius 3 is 2.84 bits per heavy atom. The number of halogens is 2. The van der Waals surface area contributed by atoms with Crippen molar-refractivity contribution in [2.24, 2.45) is 4.99 Å². The van der Waals surface area contributed by atoms with Crippen molar-refractivity contribution >= 4 is 61.2 Å². The third kappa shape index (κ3) is 3.06. The van der Waals surface area contributed by atoms with Gasteiger partial charge in [-0.2, -0.15) is 4.98 Å². The Labute approximate surface area is 159 Å². The number of carbonyl (C=O) groups excluding carboxylic acids is 1. The quantitative estimate of drug-likeness (QED) is 0.663. The minimum atomic E-state index is -0.388. The van der Waals surface area contributed by atoms with Gasteiger partial charge >= 0.3 is 0 Å². The summed E-state index contributed by atoms with van der Waals surface area (Å²) in [5.74, 6) is -0.595. The number of nitrogens with zero attached hydrogens (tertiary/aromatic N) is 2. The number of anilines is 2. The van der Waals surface area contributed by atoms with Crippen molar-refractivity contribution in [2.75, 3.05) is 5.32 Å². The van der Waals surface area contributed by atoms with Crippen LogP contribution in [0.25, 0.3) is 5.57 Å². The number of amides is 1. The minimum absolute atomic E-state index is 0.207. The van der Waals surface area contributed by atoms with Gasteiger partial charge in [0, 0.05) is 20.4 Å². The summed E-state index contributed by atoms with van der Waals surface area (Å²) < 4.78 is 0.829. The fraction of sp³-hybridized carbons (Fsp3) is 0. The van der Waals surface area contributed by atoms with E-state index in [1.807, 2.05) is 18.2 Å². The molecule has 1 amide bonds. The van der Waals surface area contributed by atoms with Crippen LogP contribution in [0, 0.1) is 0 Å². The van der Waals surface area contributed by atoms with Crippen molar-refractivity contribution in [3.8, 4) is 5.88 Å². The predicted molar refractivity (Wildman–Crippen MR) is 101 cm³/mol. The Morgan fingerprint density at radius 2 is 2.04 bits per heavy atom. The number of carbonyl (C=O) groups is 1. The zero-order chi connectivity index (χ0) is 17.6. The van der Waals surface area contributed by atoms with Gasteiger partial charge in [-0.05, 0) is 36.4 Å². The number of thiazole rings is 1. The molecule has 25 heavy (non-hydrogen) atoms. The molecule has 2 heterocycles. The molecule has 3 aromatic rings. The van der Waals surface area contributed by atoms with E-state index in [4.69, 9.17) is 11.6 Å². The molecule has 2 N–H and O–H groups in total. The normalized spacial score (nSPS) is 12.9. The molecule has 0 spiro atoms. The lowest BCUT2D eigenvalue weighted by Gasteiger charge is -2.01. The van der Waals surface area contributed by atoms with E-state index in [1.54, 1.807) is 24.3 Å². The second-order valence-electron chi connectivity index (χ2n) is 5.26. The molecule has 8 heteroatoms. The van der Waals surface area contributed by atoms with Crippen molar-refractivity contribution in [3.63, 3.8) is 0 Å². The van der Waals surface area contributed by atoms with Crippen molar-refractivity contribution in [1.82, 2.24) is 4.98 Å². The van der Waals surface area contributed by atoms with Crippen molar-refractivity contribution in [3.05, 3.63) is 67.4 Å². The van der Waals surface area contributed by atoms with Gasteiger partial charge in [0.2, 0.25) is 5.88 Å². The molecule has 2 aromatic carbocycles. The van der Waals surface area contributed by atoms with Crippen LogP contribution in [0.3, 0.4) is 0 Å². The van der Waals surface area contributed by atoms with Gasteiger partial charge in [0.25, 0.3) is 5.91 Å². The molecule has 0 aliphatic carbocycles. The number of benzene rings is 2. The highest BCUT2D eigenvalue weighted by Gasteiger charge is 2.25. The van der Waals surface area contributed by atoms with E-state index in [0.717, 1.165) is 10.2 Å². The lowest BCUT2D eigenvalue weighted by Crippen LogP contribution is -2.22. The summed E-state index contributed by atoms with van der Waals surface area (Å²) in [6.45, 7) is 0. The molecule has 0 bridgehead atoms. The maximum absolute atomic E-state index is 12.3. The molecular weight excluding hydrogens is 426 g/mol. The third-order valence-electron chi connectivity index (χ3n) is 3.58. The second-order valence-corrected chi connectivity index (χ2v) is 7.61. The molecule has 1 aliphatic rings. The summed E-state index contributed by atoms with van der Waals surface area (Å²) in [5.41, 5.74) is 1.09. The van der Waals surface area contributed by atoms with Crippen LogP contribution in [-0.4, -0.2) is 16.0 Å². The number of hydrogen-bond acceptors (Lipinski definition) is 5. The lowest BCUT2D eigenvalue weighted by molar-refractivity contribution is -0.112. The first-order chi connectivity index (χ1) is 12.0. The van der Waals surface area contributed by atoms with Crippen molar-refractivity contribution in [2.45, 2.75) is 0 Å². The predicted octanol–water partition coefficient (Wildman–Crippen LogP) is 3.37. The standard InChI is InChI=1S/C17H9BrClN3O2S/c18-8-4-5-12-11(6-8)13(15(23)21-12)14-16(24)22-17(25-14)20-10-3-1-2-9(19)7-10/h1-7,24H,(H,20,22). The van der Waals surface area contributed by atoms with Crippen LogP contribution < -0.4 is 15.9 Å². The Balaban J connectivity index is 1.80. The van der Waals surface area contributed by atoms with Gasteiger partial charge in [0.05, 0.1) is 10.9 Å². The van der Waals surface area contributed by atoms with Crippen LogP contribution in [0.15, 0.2) is 51.9 Å². The summed E-state index contributed by atoms with van der Waals surface area (Å²) in [6.07, 6.45) is 0. The smallest absolute Gasteiger partial charge is 0.279 e. The van der Waals surface area contributed by atoms with Gasteiger partial charge in [-0.15, -0.1) is 0 Å². The van der Waals surface area contributed by atoms with E-state index in [0.29, 0.717) is 31.2 Å². The fourth-order valence-corrected chi connectivity index (χ4v) is 4.01. The molecule has 4 rings (SSSR count). The molecule has 124 valence electrons. The lowest BCUT2D eigenvalue weighted by atomic mass is 10.1. The van der Waals surface area contributed by atoms with Crippen LogP contribution in [0.2, 0.25) is 5.02 Å². The molecule has 1 aliphatic heterocycles. The summed E-state index contributed by atoms with van der Waals surface area (Å²) >= 11 is 10.5. The largest absolute Gasteiger partial charge is 0.492 e. The number of hydrogen-bond donors (Lipinski definition) is 2. The molecule has 0 atom stereocenters. The van der Waals surface area contributed by atoms with Gasteiger partial charge in [-0.3, -0.25) is 4.79 Å². The van der Waals surface area contributed by atoms with Crippen molar-refractivity contribution < 1.29 is 9.90 Å². The average molecular weight is 435 g/mol. The Morgan fingerprint density at radius 1 is 1.20 bits per heavy atom. The number of aromatic hydroxyl groups is 1. The molecule has 0 radical (unpaired) electrons. The zero-order valence-corrected chi connectivity index (χ0v) is 15.6. The molecular formula is C17H9BrClN3O2S. The zero-order valence-electron chi connectivity index (χ0n) is 12.5. The SMILES string of the molecule is O=C1N=c2ccc(Br)cc2=C1c1sc(Nc2cccc(Cl)c2)nc1O. The first-order valence-electron chi connectivity index (χ1n) is 7.17. The minimum Gasteiger partial charge on any atom is -0.492 e. The topological polar surface area (TPSA) is 74.6 Å². The first-order valence-corrected chi connectivity index (χ1v) is 9.16. The molecule has 0 saturated carbocycles. The van der Waals surface area contributed by atoms with E-state index < -0.39 is 0 Å². The van der Waals surface area contributed by atoms with Crippen LogP contribution in [-0.2, 0) is 4.79 Å². The Kier molecular flexibility index (Phi) is 4.07. The number of nitrogens with one attached hydrogen (secondary N) is 1. The van der Waals surface area contributed by atoms with Crippen LogP contribution >= 0.6 is 38.9 Å². The molecule has 0 fully saturated rings. The molecule has 0 unspecified atom stereocenters. The highest BCUT2D eigenvalue weighted by atomic mass is 79.9. The van der Waals surface area contributed by atoms with Crippen LogP contribution in [0.1, 0.15) is 4.88 Å². The molecule has 1 aromatic heterocycles. The number of rotatable bonds is 3.